The van der Waals surface area contributed by atoms with Gasteiger partial charge in [-0.15, -0.1) is 11.3 Å². The second-order valence-electron chi connectivity index (χ2n) is 7.17. The first kappa shape index (κ1) is 21.8. The van der Waals surface area contributed by atoms with E-state index < -0.39 is 0 Å². The molecule has 32 heavy (non-hydrogen) atoms. The SMILES string of the molecule is COc1ccccc1CN(Cc1cccs1)C(=O)/C=C/c1cc(OC)c2c(c1)OCCO2. The van der Waals surface area contributed by atoms with Gasteiger partial charge in [0.05, 0.1) is 20.8 Å². The van der Waals surface area contributed by atoms with Crippen molar-refractivity contribution in [2.24, 2.45) is 0 Å². The van der Waals surface area contributed by atoms with E-state index in [0.29, 0.717) is 43.6 Å². The highest BCUT2D eigenvalue weighted by molar-refractivity contribution is 7.09. The van der Waals surface area contributed by atoms with Crippen LogP contribution in [-0.2, 0) is 17.9 Å². The summed E-state index contributed by atoms with van der Waals surface area (Å²) in [7, 11) is 3.22. The largest absolute Gasteiger partial charge is 0.496 e. The van der Waals surface area contributed by atoms with E-state index in [-0.39, 0.29) is 5.91 Å². The van der Waals surface area contributed by atoms with Gasteiger partial charge in [0.25, 0.3) is 0 Å². The fourth-order valence-electron chi connectivity index (χ4n) is 3.50. The fraction of sp³-hybridized carbons (Fsp3) is 0.240. The lowest BCUT2D eigenvalue weighted by Gasteiger charge is -2.22. The minimum atomic E-state index is -0.0989. The molecule has 0 atom stereocenters. The van der Waals surface area contributed by atoms with Crippen LogP contribution in [0.2, 0.25) is 0 Å². The zero-order valence-corrected chi connectivity index (χ0v) is 18.9. The molecule has 4 rings (SSSR count). The van der Waals surface area contributed by atoms with Gasteiger partial charge in [-0.25, -0.2) is 0 Å². The van der Waals surface area contributed by atoms with E-state index in [4.69, 9.17) is 18.9 Å². The van der Waals surface area contributed by atoms with Gasteiger partial charge >= 0.3 is 0 Å². The van der Waals surface area contributed by atoms with Crippen LogP contribution in [0.3, 0.4) is 0 Å². The first-order valence-corrected chi connectivity index (χ1v) is 11.1. The molecule has 2 aromatic carbocycles. The number of nitrogens with zero attached hydrogens (tertiary/aromatic N) is 1. The van der Waals surface area contributed by atoms with E-state index in [1.54, 1.807) is 42.6 Å². The quantitative estimate of drug-likeness (QED) is 0.462. The second-order valence-corrected chi connectivity index (χ2v) is 8.20. The summed E-state index contributed by atoms with van der Waals surface area (Å²) in [6.45, 7) is 1.92. The van der Waals surface area contributed by atoms with Gasteiger partial charge in [0.1, 0.15) is 19.0 Å². The molecule has 166 valence electrons. The summed E-state index contributed by atoms with van der Waals surface area (Å²) in [5.74, 6) is 2.46. The van der Waals surface area contributed by atoms with Crippen molar-refractivity contribution in [2.75, 3.05) is 27.4 Å². The van der Waals surface area contributed by atoms with Crippen LogP contribution in [0.4, 0.5) is 0 Å². The maximum absolute atomic E-state index is 13.2. The molecular formula is C25H25NO5S. The maximum atomic E-state index is 13.2. The third kappa shape index (κ3) is 5.06. The van der Waals surface area contributed by atoms with Gasteiger partial charge < -0.3 is 23.8 Å². The molecule has 1 aromatic heterocycles. The molecule has 1 aliphatic heterocycles. The van der Waals surface area contributed by atoms with Gasteiger partial charge in [0.2, 0.25) is 11.7 Å². The van der Waals surface area contributed by atoms with Crippen molar-refractivity contribution >= 4 is 23.3 Å². The molecule has 1 amide bonds. The van der Waals surface area contributed by atoms with Crippen LogP contribution < -0.4 is 18.9 Å². The monoisotopic (exact) mass is 451 g/mol. The molecule has 6 nitrogen and oxygen atoms in total. The summed E-state index contributed by atoms with van der Waals surface area (Å²) < 4.78 is 22.3. The maximum Gasteiger partial charge on any atom is 0.247 e. The Labute approximate surface area is 191 Å². The first-order chi connectivity index (χ1) is 15.7. The number of thiophene rings is 1. The third-order valence-electron chi connectivity index (χ3n) is 5.06. The third-order valence-corrected chi connectivity index (χ3v) is 5.92. The Morgan fingerprint density at radius 1 is 1.03 bits per heavy atom. The Morgan fingerprint density at radius 2 is 1.84 bits per heavy atom. The highest BCUT2D eigenvalue weighted by Crippen LogP contribution is 2.40. The van der Waals surface area contributed by atoms with E-state index in [2.05, 4.69) is 0 Å². The predicted octanol–water partition coefficient (Wildman–Crippen LogP) is 4.78. The van der Waals surface area contributed by atoms with Crippen molar-refractivity contribution in [3.63, 3.8) is 0 Å². The summed E-state index contributed by atoms with van der Waals surface area (Å²) >= 11 is 1.63. The van der Waals surface area contributed by atoms with E-state index in [1.807, 2.05) is 53.9 Å². The summed E-state index contributed by atoms with van der Waals surface area (Å²) in [5.41, 5.74) is 1.75. The molecule has 0 spiro atoms. The molecule has 2 heterocycles. The van der Waals surface area contributed by atoms with Crippen molar-refractivity contribution in [1.29, 1.82) is 0 Å². The number of para-hydroxylation sites is 1. The summed E-state index contributed by atoms with van der Waals surface area (Å²) in [5, 5.41) is 2.01. The number of fused-ring (bicyclic) bond motifs is 1. The lowest BCUT2D eigenvalue weighted by molar-refractivity contribution is -0.127. The molecule has 0 saturated carbocycles. The van der Waals surface area contributed by atoms with Crippen LogP contribution in [0.1, 0.15) is 16.0 Å². The Hall–Kier alpha value is -3.45. The molecule has 0 bridgehead atoms. The number of ether oxygens (including phenoxy) is 4. The number of rotatable bonds is 8. The molecule has 7 heteroatoms. The number of carbonyl (C=O) groups excluding carboxylic acids is 1. The fourth-order valence-corrected chi connectivity index (χ4v) is 4.22. The van der Waals surface area contributed by atoms with Crippen molar-refractivity contribution in [3.8, 4) is 23.0 Å². The average molecular weight is 452 g/mol. The Bertz CT molecular complexity index is 1080. The highest BCUT2D eigenvalue weighted by atomic mass is 32.1. The van der Waals surface area contributed by atoms with E-state index in [1.165, 1.54) is 0 Å². The smallest absolute Gasteiger partial charge is 0.247 e. The molecular weight excluding hydrogens is 426 g/mol. The standard InChI is InChI=1S/C25H25NO5S/c1-28-21-8-4-3-6-19(21)16-26(17-20-7-5-13-32-20)24(27)10-9-18-14-22(29-2)25-23(15-18)30-11-12-31-25/h3-10,13-15H,11-12,16-17H2,1-2H3/b10-9+. The lowest BCUT2D eigenvalue weighted by Crippen LogP contribution is -2.28. The summed E-state index contributed by atoms with van der Waals surface area (Å²) in [6, 6.07) is 15.5. The minimum Gasteiger partial charge on any atom is -0.496 e. The lowest BCUT2D eigenvalue weighted by atomic mass is 10.1. The van der Waals surface area contributed by atoms with Crippen molar-refractivity contribution in [3.05, 3.63) is 76.0 Å². The number of hydrogen-bond acceptors (Lipinski definition) is 6. The van der Waals surface area contributed by atoms with Crippen LogP contribution >= 0.6 is 11.3 Å². The first-order valence-electron chi connectivity index (χ1n) is 10.3. The van der Waals surface area contributed by atoms with E-state index in [0.717, 1.165) is 21.8 Å². The van der Waals surface area contributed by atoms with Crippen LogP contribution in [0.25, 0.3) is 6.08 Å². The number of carbonyl (C=O) groups is 1. The van der Waals surface area contributed by atoms with Gasteiger partial charge in [-0.1, -0.05) is 24.3 Å². The Balaban J connectivity index is 1.57. The minimum absolute atomic E-state index is 0.0989. The topological polar surface area (TPSA) is 57.2 Å². The summed E-state index contributed by atoms with van der Waals surface area (Å²) in [4.78, 5) is 16.1. The molecule has 1 aliphatic rings. The van der Waals surface area contributed by atoms with Crippen LogP contribution in [0, 0.1) is 0 Å². The molecule has 0 unspecified atom stereocenters. The highest BCUT2D eigenvalue weighted by Gasteiger charge is 2.19. The van der Waals surface area contributed by atoms with Crippen molar-refractivity contribution in [2.45, 2.75) is 13.1 Å². The van der Waals surface area contributed by atoms with Crippen molar-refractivity contribution in [1.82, 2.24) is 4.90 Å². The molecule has 0 radical (unpaired) electrons. The number of hydrogen-bond donors (Lipinski definition) is 0. The van der Waals surface area contributed by atoms with Crippen LogP contribution in [0.15, 0.2) is 60.0 Å². The van der Waals surface area contributed by atoms with Gasteiger partial charge in [-0.3, -0.25) is 4.79 Å². The molecule has 0 N–H and O–H groups in total. The van der Waals surface area contributed by atoms with Gasteiger partial charge in [0.15, 0.2) is 11.5 Å². The Kier molecular flexibility index (Phi) is 6.97. The predicted molar refractivity (Wildman–Crippen MR) is 125 cm³/mol. The normalized spacial score (nSPS) is 12.6. The molecule has 0 aliphatic carbocycles. The van der Waals surface area contributed by atoms with Gasteiger partial charge in [-0.05, 0) is 41.3 Å². The van der Waals surface area contributed by atoms with E-state index >= 15 is 0 Å². The zero-order chi connectivity index (χ0) is 22.3. The van der Waals surface area contributed by atoms with Gasteiger partial charge in [0, 0.05) is 23.1 Å². The Morgan fingerprint density at radius 3 is 2.62 bits per heavy atom. The number of amides is 1. The number of methoxy groups -OCH3 is 2. The van der Waals surface area contributed by atoms with E-state index in [9.17, 15) is 4.79 Å². The number of benzene rings is 2. The van der Waals surface area contributed by atoms with Crippen molar-refractivity contribution < 1.29 is 23.7 Å². The molecule has 0 saturated heterocycles. The molecule has 0 fully saturated rings. The summed E-state index contributed by atoms with van der Waals surface area (Å²) in [6.07, 6.45) is 3.35. The molecule has 3 aromatic rings. The van der Waals surface area contributed by atoms with Gasteiger partial charge in [-0.2, -0.15) is 0 Å². The second kappa shape index (κ2) is 10.2. The average Bonchev–Trinajstić information content (AvgIpc) is 3.35. The zero-order valence-electron chi connectivity index (χ0n) is 18.1. The van der Waals surface area contributed by atoms with Crippen LogP contribution in [-0.4, -0.2) is 38.2 Å². The van der Waals surface area contributed by atoms with Crippen LogP contribution in [0.5, 0.6) is 23.0 Å².